The van der Waals surface area contributed by atoms with Gasteiger partial charge in [0, 0.05) is 10.9 Å². The van der Waals surface area contributed by atoms with Crippen molar-refractivity contribution in [2.45, 2.75) is 32.6 Å². The maximum Gasteiger partial charge on any atom is 0.116 e. The van der Waals surface area contributed by atoms with E-state index in [-0.39, 0.29) is 0 Å². The molecule has 0 atom stereocenters. The van der Waals surface area contributed by atoms with Crippen LogP contribution in [0.2, 0.25) is 0 Å². The van der Waals surface area contributed by atoms with Crippen molar-refractivity contribution in [3.05, 3.63) is 60.2 Å². The molecular formula is C20H21NO. The molecule has 112 valence electrons. The van der Waals surface area contributed by atoms with Crippen molar-refractivity contribution in [2.75, 3.05) is 0 Å². The quantitative estimate of drug-likeness (QED) is 0.644. The summed E-state index contributed by atoms with van der Waals surface area (Å²) in [6.45, 7) is 2.22. The van der Waals surface area contributed by atoms with Crippen LogP contribution in [0, 0.1) is 0 Å². The number of nitrogens with zero attached hydrogens (tertiary/aromatic N) is 1. The second-order valence-electron chi connectivity index (χ2n) is 5.70. The van der Waals surface area contributed by atoms with E-state index in [1.165, 1.54) is 24.8 Å². The van der Waals surface area contributed by atoms with Crippen molar-refractivity contribution >= 4 is 10.9 Å². The molecule has 0 amide bonds. The third kappa shape index (κ3) is 3.11. The van der Waals surface area contributed by atoms with Crippen LogP contribution < -0.4 is 0 Å². The van der Waals surface area contributed by atoms with Gasteiger partial charge in [0.2, 0.25) is 0 Å². The Balaban J connectivity index is 2.10. The molecule has 2 nitrogen and oxygen atoms in total. The van der Waals surface area contributed by atoms with E-state index in [4.69, 9.17) is 4.98 Å². The average molecular weight is 291 g/mol. The minimum atomic E-state index is 0.293. The van der Waals surface area contributed by atoms with Crippen molar-refractivity contribution in [3.63, 3.8) is 0 Å². The molecule has 1 N–H and O–H groups in total. The van der Waals surface area contributed by atoms with Crippen LogP contribution in [0.15, 0.2) is 54.6 Å². The van der Waals surface area contributed by atoms with Crippen LogP contribution >= 0.6 is 0 Å². The Hall–Kier alpha value is -2.35. The summed E-state index contributed by atoms with van der Waals surface area (Å²) in [5.41, 5.74) is 4.41. The third-order valence-corrected chi connectivity index (χ3v) is 3.97. The Bertz CT molecular complexity index is 765. The van der Waals surface area contributed by atoms with Gasteiger partial charge in [-0.3, -0.25) is 0 Å². The van der Waals surface area contributed by atoms with Crippen LogP contribution in [0.3, 0.4) is 0 Å². The Labute approximate surface area is 131 Å². The van der Waals surface area contributed by atoms with Crippen LogP contribution in [-0.4, -0.2) is 10.1 Å². The molecule has 22 heavy (non-hydrogen) atoms. The van der Waals surface area contributed by atoms with Gasteiger partial charge in [0.15, 0.2) is 0 Å². The van der Waals surface area contributed by atoms with Gasteiger partial charge in [-0.25, -0.2) is 4.98 Å². The van der Waals surface area contributed by atoms with E-state index >= 15 is 0 Å². The predicted molar refractivity (Wildman–Crippen MR) is 92.1 cm³/mol. The number of pyridine rings is 1. The van der Waals surface area contributed by atoms with E-state index in [0.29, 0.717) is 5.75 Å². The van der Waals surface area contributed by atoms with Gasteiger partial charge >= 0.3 is 0 Å². The molecule has 2 heteroatoms. The van der Waals surface area contributed by atoms with Crippen molar-refractivity contribution in [1.82, 2.24) is 4.98 Å². The zero-order valence-electron chi connectivity index (χ0n) is 12.9. The van der Waals surface area contributed by atoms with Gasteiger partial charge in [-0.05, 0) is 42.7 Å². The number of aryl methyl sites for hydroxylation is 1. The van der Waals surface area contributed by atoms with Crippen molar-refractivity contribution < 1.29 is 5.11 Å². The molecule has 0 fully saturated rings. The third-order valence-electron chi connectivity index (χ3n) is 3.97. The first-order chi connectivity index (χ1) is 10.8. The van der Waals surface area contributed by atoms with Crippen LogP contribution in [0.1, 0.15) is 31.7 Å². The number of hydrogen-bond donors (Lipinski definition) is 1. The van der Waals surface area contributed by atoms with Crippen LogP contribution in [0.25, 0.3) is 22.2 Å². The first-order valence-electron chi connectivity index (χ1n) is 7.96. The molecule has 3 aromatic rings. The van der Waals surface area contributed by atoms with E-state index in [1.807, 2.05) is 24.3 Å². The lowest BCUT2D eigenvalue weighted by molar-refractivity contribution is 0.476. The highest BCUT2D eigenvalue weighted by molar-refractivity contribution is 5.84. The van der Waals surface area contributed by atoms with Crippen LogP contribution in [0.4, 0.5) is 0 Å². The summed E-state index contributed by atoms with van der Waals surface area (Å²) in [6, 6.07) is 17.9. The number of phenolic OH excluding ortho intramolecular Hbond substituents is 1. The summed E-state index contributed by atoms with van der Waals surface area (Å²) in [4.78, 5) is 4.85. The van der Waals surface area contributed by atoms with E-state index in [2.05, 4.69) is 25.1 Å². The standard InChI is InChI=1S/C20H21NO/c1-2-3-5-10-16-13-17-14-18(22)11-12-19(17)21-20(16)15-8-6-4-7-9-15/h4,6-9,11-14,22H,2-3,5,10H2,1H3. The number of unbranched alkanes of at least 4 members (excludes halogenated alkanes) is 2. The molecule has 1 heterocycles. The molecule has 0 spiro atoms. The Morgan fingerprint density at radius 3 is 2.55 bits per heavy atom. The molecule has 0 aliphatic heterocycles. The summed E-state index contributed by atoms with van der Waals surface area (Å²) in [5.74, 6) is 0.293. The van der Waals surface area contributed by atoms with Gasteiger partial charge in [-0.1, -0.05) is 50.1 Å². The van der Waals surface area contributed by atoms with E-state index in [0.717, 1.165) is 28.6 Å². The molecule has 0 radical (unpaired) electrons. The summed E-state index contributed by atoms with van der Waals surface area (Å²) < 4.78 is 0. The van der Waals surface area contributed by atoms with Gasteiger partial charge in [-0.2, -0.15) is 0 Å². The molecule has 2 aromatic carbocycles. The summed E-state index contributed by atoms with van der Waals surface area (Å²) in [7, 11) is 0. The number of hydrogen-bond acceptors (Lipinski definition) is 2. The fourth-order valence-electron chi connectivity index (χ4n) is 2.81. The molecule has 0 unspecified atom stereocenters. The number of rotatable bonds is 5. The van der Waals surface area contributed by atoms with E-state index in [1.54, 1.807) is 12.1 Å². The summed E-state index contributed by atoms with van der Waals surface area (Å²) >= 11 is 0. The highest BCUT2D eigenvalue weighted by Crippen LogP contribution is 2.28. The SMILES string of the molecule is CCCCCc1cc2cc(O)ccc2nc1-c1ccccc1. The first kappa shape index (κ1) is 14.6. The van der Waals surface area contributed by atoms with Gasteiger partial charge in [0.25, 0.3) is 0 Å². The van der Waals surface area contributed by atoms with Crippen molar-refractivity contribution in [2.24, 2.45) is 0 Å². The summed E-state index contributed by atoms with van der Waals surface area (Å²) in [5, 5.41) is 10.7. The van der Waals surface area contributed by atoms with Crippen LogP contribution in [0.5, 0.6) is 5.75 Å². The maximum atomic E-state index is 9.69. The lowest BCUT2D eigenvalue weighted by Crippen LogP contribution is -1.95. The summed E-state index contributed by atoms with van der Waals surface area (Å²) in [6.07, 6.45) is 4.63. The zero-order chi connectivity index (χ0) is 15.4. The highest BCUT2D eigenvalue weighted by atomic mass is 16.3. The van der Waals surface area contributed by atoms with Crippen LogP contribution in [-0.2, 0) is 6.42 Å². The average Bonchev–Trinajstić information content (AvgIpc) is 2.55. The van der Waals surface area contributed by atoms with Crippen molar-refractivity contribution in [1.29, 1.82) is 0 Å². The molecule has 0 saturated heterocycles. The molecule has 0 saturated carbocycles. The fourth-order valence-corrected chi connectivity index (χ4v) is 2.81. The molecule has 0 aliphatic carbocycles. The molecule has 3 rings (SSSR count). The molecule has 0 bridgehead atoms. The van der Waals surface area contributed by atoms with Gasteiger partial charge in [-0.15, -0.1) is 0 Å². The molecular weight excluding hydrogens is 270 g/mol. The fraction of sp³-hybridized carbons (Fsp3) is 0.250. The lowest BCUT2D eigenvalue weighted by Gasteiger charge is -2.11. The second-order valence-corrected chi connectivity index (χ2v) is 5.70. The van der Waals surface area contributed by atoms with Gasteiger partial charge in [0.05, 0.1) is 11.2 Å². The largest absolute Gasteiger partial charge is 0.508 e. The molecule has 0 aliphatic rings. The minimum Gasteiger partial charge on any atom is -0.508 e. The Kier molecular flexibility index (Phi) is 4.38. The number of phenols is 1. The first-order valence-corrected chi connectivity index (χ1v) is 7.96. The number of fused-ring (bicyclic) bond motifs is 1. The monoisotopic (exact) mass is 291 g/mol. The number of benzene rings is 2. The van der Waals surface area contributed by atoms with E-state index < -0.39 is 0 Å². The van der Waals surface area contributed by atoms with E-state index in [9.17, 15) is 5.11 Å². The van der Waals surface area contributed by atoms with Gasteiger partial charge in [0.1, 0.15) is 5.75 Å². The minimum absolute atomic E-state index is 0.293. The zero-order valence-corrected chi connectivity index (χ0v) is 12.9. The normalized spacial score (nSPS) is 11.0. The van der Waals surface area contributed by atoms with Gasteiger partial charge < -0.3 is 5.11 Å². The smallest absolute Gasteiger partial charge is 0.116 e. The molecule has 1 aromatic heterocycles. The Morgan fingerprint density at radius 2 is 1.77 bits per heavy atom. The maximum absolute atomic E-state index is 9.69. The Morgan fingerprint density at radius 1 is 0.955 bits per heavy atom. The highest BCUT2D eigenvalue weighted by Gasteiger charge is 2.09. The second kappa shape index (κ2) is 6.61. The van der Waals surface area contributed by atoms with Crippen molar-refractivity contribution in [3.8, 4) is 17.0 Å². The number of aromatic nitrogens is 1. The topological polar surface area (TPSA) is 33.1 Å². The predicted octanol–water partition coefficient (Wildman–Crippen LogP) is 5.34. The number of aromatic hydroxyl groups is 1. The lowest BCUT2D eigenvalue weighted by atomic mass is 9.99.